The van der Waals surface area contributed by atoms with Crippen molar-refractivity contribution in [3.63, 3.8) is 0 Å². The number of amides is 2. The second kappa shape index (κ2) is 6.73. The van der Waals surface area contributed by atoms with Crippen LogP contribution in [0.5, 0.6) is 0 Å². The van der Waals surface area contributed by atoms with Crippen molar-refractivity contribution < 1.29 is 14.3 Å². The lowest BCUT2D eigenvalue weighted by Gasteiger charge is -2.34. The van der Waals surface area contributed by atoms with E-state index in [0.717, 1.165) is 6.42 Å². The number of rotatable bonds is 2. The Morgan fingerprint density at radius 1 is 1.29 bits per heavy atom. The Hall–Kier alpha value is -1.59. The van der Waals surface area contributed by atoms with E-state index in [0.29, 0.717) is 36.8 Å². The molecule has 6 heteroatoms. The molecule has 0 bridgehead atoms. The number of hydrogen-bond acceptors (Lipinski definition) is 3. The Balaban J connectivity index is 1.77. The molecule has 130 valence electrons. The van der Waals surface area contributed by atoms with Crippen LogP contribution in [0, 0.1) is 5.41 Å². The van der Waals surface area contributed by atoms with Gasteiger partial charge in [0.25, 0.3) is 5.91 Å². The fourth-order valence-electron chi connectivity index (χ4n) is 3.56. The fourth-order valence-corrected chi connectivity index (χ4v) is 3.78. The van der Waals surface area contributed by atoms with Crippen LogP contribution in [0.25, 0.3) is 0 Å². The number of likely N-dealkylation sites (tertiary alicyclic amines) is 1. The van der Waals surface area contributed by atoms with E-state index in [2.05, 4.69) is 0 Å². The van der Waals surface area contributed by atoms with Crippen LogP contribution in [-0.4, -0.2) is 60.5 Å². The molecule has 0 aromatic heterocycles. The molecular formula is C18H23ClN2O3. The summed E-state index contributed by atoms with van der Waals surface area (Å²) in [6.45, 7) is 6.54. The van der Waals surface area contributed by atoms with Gasteiger partial charge in [-0.1, -0.05) is 23.7 Å². The summed E-state index contributed by atoms with van der Waals surface area (Å²) < 4.78 is 5.63. The van der Waals surface area contributed by atoms with Gasteiger partial charge in [-0.2, -0.15) is 0 Å². The number of carbonyl (C=O) groups is 2. The van der Waals surface area contributed by atoms with E-state index in [-0.39, 0.29) is 29.9 Å². The summed E-state index contributed by atoms with van der Waals surface area (Å²) in [5.41, 5.74) is 0.343. The number of carbonyl (C=O) groups excluding carboxylic acids is 2. The molecule has 1 spiro atoms. The lowest BCUT2D eigenvalue weighted by molar-refractivity contribution is -0.135. The van der Waals surface area contributed by atoms with Crippen LogP contribution in [0.15, 0.2) is 24.3 Å². The summed E-state index contributed by atoms with van der Waals surface area (Å²) >= 11 is 6.16. The van der Waals surface area contributed by atoms with Crippen molar-refractivity contribution in [2.45, 2.75) is 26.3 Å². The van der Waals surface area contributed by atoms with Crippen molar-refractivity contribution in [2.75, 3.05) is 32.8 Å². The maximum atomic E-state index is 12.8. The first-order valence-corrected chi connectivity index (χ1v) is 8.71. The van der Waals surface area contributed by atoms with E-state index in [1.807, 2.05) is 35.8 Å². The smallest absolute Gasteiger partial charge is 0.255 e. The molecule has 2 fully saturated rings. The van der Waals surface area contributed by atoms with Gasteiger partial charge in [-0.25, -0.2) is 0 Å². The van der Waals surface area contributed by atoms with Gasteiger partial charge in [0, 0.05) is 31.1 Å². The molecule has 1 aromatic rings. The van der Waals surface area contributed by atoms with Crippen LogP contribution in [0.3, 0.4) is 0 Å². The molecule has 0 radical (unpaired) electrons. The molecule has 2 amide bonds. The Labute approximate surface area is 147 Å². The van der Waals surface area contributed by atoms with Crippen LogP contribution in [0.1, 0.15) is 30.6 Å². The average molecular weight is 351 g/mol. The van der Waals surface area contributed by atoms with Crippen LogP contribution in [0.4, 0.5) is 0 Å². The van der Waals surface area contributed by atoms with Gasteiger partial charge in [0.15, 0.2) is 0 Å². The third-order valence-electron chi connectivity index (χ3n) is 4.91. The van der Waals surface area contributed by atoms with Gasteiger partial charge < -0.3 is 14.5 Å². The molecule has 2 saturated heterocycles. The summed E-state index contributed by atoms with van der Waals surface area (Å²) in [4.78, 5) is 28.7. The molecule has 3 rings (SSSR count). The SMILES string of the molecule is CC(C)N1CC2(CCN(C(=O)c3ccccc3Cl)C2)COCC1=O. The standard InChI is InChI=1S/C18H23ClN2O3/c1-13(2)21-11-18(12-24-9-16(21)22)7-8-20(10-18)17(23)14-5-3-4-6-15(14)19/h3-6,13H,7-12H2,1-2H3. The highest BCUT2D eigenvalue weighted by Gasteiger charge is 2.44. The summed E-state index contributed by atoms with van der Waals surface area (Å²) in [6, 6.07) is 7.25. The molecule has 0 aliphatic carbocycles. The van der Waals surface area contributed by atoms with Gasteiger partial charge in [-0.15, -0.1) is 0 Å². The van der Waals surface area contributed by atoms with Gasteiger partial charge >= 0.3 is 0 Å². The maximum absolute atomic E-state index is 12.8. The number of halogens is 1. The normalized spacial score (nSPS) is 24.8. The van der Waals surface area contributed by atoms with Crippen LogP contribution < -0.4 is 0 Å². The highest BCUT2D eigenvalue weighted by atomic mass is 35.5. The molecule has 2 aliphatic heterocycles. The summed E-state index contributed by atoms with van der Waals surface area (Å²) in [6.07, 6.45) is 0.833. The number of hydrogen-bond donors (Lipinski definition) is 0. The highest BCUT2D eigenvalue weighted by molar-refractivity contribution is 6.33. The molecule has 2 aliphatic rings. The molecule has 0 N–H and O–H groups in total. The monoisotopic (exact) mass is 350 g/mol. The predicted molar refractivity (Wildman–Crippen MR) is 92.1 cm³/mol. The predicted octanol–water partition coefficient (Wildman–Crippen LogP) is 2.44. The minimum absolute atomic E-state index is 0.0257. The highest BCUT2D eigenvalue weighted by Crippen LogP contribution is 2.35. The molecule has 24 heavy (non-hydrogen) atoms. The zero-order valence-electron chi connectivity index (χ0n) is 14.1. The Kier molecular flexibility index (Phi) is 4.83. The van der Waals surface area contributed by atoms with Gasteiger partial charge in [0.1, 0.15) is 6.61 Å². The van der Waals surface area contributed by atoms with Gasteiger partial charge in [-0.3, -0.25) is 9.59 Å². The van der Waals surface area contributed by atoms with Crippen molar-refractivity contribution >= 4 is 23.4 Å². The molecule has 5 nitrogen and oxygen atoms in total. The minimum atomic E-state index is -0.187. The molecular weight excluding hydrogens is 328 g/mol. The summed E-state index contributed by atoms with van der Waals surface area (Å²) in [5, 5.41) is 0.472. The Bertz CT molecular complexity index is 649. The van der Waals surface area contributed by atoms with Gasteiger partial charge in [0.2, 0.25) is 5.91 Å². The first kappa shape index (κ1) is 17.2. The fraction of sp³-hybridized carbons (Fsp3) is 0.556. The van der Waals surface area contributed by atoms with E-state index < -0.39 is 0 Å². The zero-order chi connectivity index (χ0) is 17.3. The lowest BCUT2D eigenvalue weighted by Crippen LogP contribution is -2.46. The third kappa shape index (κ3) is 3.28. The molecule has 1 unspecified atom stereocenters. The van der Waals surface area contributed by atoms with E-state index >= 15 is 0 Å². The number of ether oxygens (including phenoxy) is 1. The van der Waals surface area contributed by atoms with Gasteiger partial charge in [0.05, 0.1) is 17.2 Å². The van der Waals surface area contributed by atoms with Crippen molar-refractivity contribution in [3.8, 4) is 0 Å². The second-order valence-electron chi connectivity index (χ2n) is 7.06. The minimum Gasteiger partial charge on any atom is -0.371 e. The van der Waals surface area contributed by atoms with Crippen LogP contribution in [0.2, 0.25) is 5.02 Å². The second-order valence-corrected chi connectivity index (χ2v) is 7.47. The topological polar surface area (TPSA) is 49.9 Å². The van der Waals surface area contributed by atoms with Gasteiger partial charge in [-0.05, 0) is 32.4 Å². The summed E-state index contributed by atoms with van der Waals surface area (Å²) in [7, 11) is 0. The molecule has 2 heterocycles. The van der Waals surface area contributed by atoms with Crippen molar-refractivity contribution in [3.05, 3.63) is 34.9 Å². The summed E-state index contributed by atoms with van der Waals surface area (Å²) in [5.74, 6) is -0.0260. The van der Waals surface area contributed by atoms with E-state index in [1.54, 1.807) is 12.1 Å². The zero-order valence-corrected chi connectivity index (χ0v) is 14.9. The van der Waals surface area contributed by atoms with Crippen LogP contribution >= 0.6 is 11.6 Å². The molecule has 1 atom stereocenters. The van der Waals surface area contributed by atoms with Crippen molar-refractivity contribution in [1.82, 2.24) is 9.80 Å². The molecule has 1 aromatic carbocycles. The van der Waals surface area contributed by atoms with E-state index in [9.17, 15) is 9.59 Å². The van der Waals surface area contributed by atoms with E-state index in [1.165, 1.54) is 0 Å². The first-order chi connectivity index (χ1) is 11.4. The van der Waals surface area contributed by atoms with Crippen molar-refractivity contribution in [2.24, 2.45) is 5.41 Å². The maximum Gasteiger partial charge on any atom is 0.255 e. The number of benzene rings is 1. The van der Waals surface area contributed by atoms with E-state index in [4.69, 9.17) is 16.3 Å². The third-order valence-corrected chi connectivity index (χ3v) is 5.24. The van der Waals surface area contributed by atoms with Crippen molar-refractivity contribution in [1.29, 1.82) is 0 Å². The average Bonchev–Trinajstić information content (AvgIpc) is 2.88. The Morgan fingerprint density at radius 3 is 2.75 bits per heavy atom. The Morgan fingerprint density at radius 2 is 2.04 bits per heavy atom. The quantitative estimate of drug-likeness (QED) is 0.823. The first-order valence-electron chi connectivity index (χ1n) is 8.33. The van der Waals surface area contributed by atoms with Crippen LogP contribution in [-0.2, 0) is 9.53 Å². The molecule has 0 saturated carbocycles. The number of nitrogens with zero attached hydrogens (tertiary/aromatic N) is 2. The lowest BCUT2D eigenvalue weighted by atomic mass is 9.87. The largest absolute Gasteiger partial charge is 0.371 e.